The Hall–Kier alpha value is -2.32. The molecule has 6 nitrogen and oxygen atoms in total. The first kappa shape index (κ1) is 28.9. The van der Waals surface area contributed by atoms with Crippen molar-refractivity contribution in [2.75, 3.05) is 6.26 Å². The molecule has 1 amide bonds. The van der Waals surface area contributed by atoms with Gasteiger partial charge in [-0.1, -0.05) is 80.3 Å². The summed E-state index contributed by atoms with van der Waals surface area (Å²) in [5.74, 6) is -1.60. The minimum absolute atomic E-state index is 0.103. The first-order valence-electron chi connectivity index (χ1n) is 12.2. The van der Waals surface area contributed by atoms with Crippen LogP contribution < -0.4 is 4.72 Å². The summed E-state index contributed by atoms with van der Waals surface area (Å²) in [6.07, 6.45) is 9.69. The highest BCUT2D eigenvalue weighted by molar-refractivity contribution is 8.00. The first-order valence-corrected chi connectivity index (χ1v) is 15.0. The normalized spacial score (nSPS) is 13.2. The summed E-state index contributed by atoms with van der Waals surface area (Å²) in [5.41, 5.74) is 3.37. The predicted octanol–water partition coefficient (Wildman–Crippen LogP) is 5.53. The summed E-state index contributed by atoms with van der Waals surface area (Å²) < 4.78 is 24.9. The largest absolute Gasteiger partial charge is 0.480 e. The molecule has 2 unspecified atom stereocenters. The number of unbranched alkanes of at least 4 members (excludes halogenated alkanes) is 5. The van der Waals surface area contributed by atoms with Crippen LogP contribution in [-0.4, -0.2) is 36.9 Å². The molecule has 2 aromatic rings. The van der Waals surface area contributed by atoms with Crippen LogP contribution in [-0.2, 0) is 32.5 Å². The molecule has 0 aliphatic heterocycles. The Labute approximate surface area is 214 Å². The summed E-state index contributed by atoms with van der Waals surface area (Å²) in [6.45, 7) is 1.58. The van der Waals surface area contributed by atoms with Crippen LogP contribution in [0.2, 0.25) is 0 Å². The molecule has 0 spiro atoms. The number of hydrogen-bond donors (Lipinski definition) is 2. The van der Waals surface area contributed by atoms with Crippen LogP contribution in [0.4, 0.5) is 0 Å². The summed E-state index contributed by atoms with van der Waals surface area (Å²) in [4.78, 5) is 23.8. The minimum atomic E-state index is -3.67. The molecule has 0 aliphatic rings. The van der Waals surface area contributed by atoms with Crippen molar-refractivity contribution in [2.45, 2.75) is 75.2 Å². The van der Waals surface area contributed by atoms with Gasteiger partial charge in [-0.15, -0.1) is 11.8 Å². The molecule has 0 saturated carbocycles. The molecule has 2 atom stereocenters. The summed E-state index contributed by atoms with van der Waals surface area (Å²) >= 11 is 1.17. The number of aryl methyl sites for hydroxylation is 2. The average molecular weight is 520 g/mol. The van der Waals surface area contributed by atoms with Crippen molar-refractivity contribution in [2.24, 2.45) is 0 Å². The fourth-order valence-electron chi connectivity index (χ4n) is 4.03. The topological polar surface area (TPSA) is 101 Å². The molecule has 0 saturated heterocycles. The highest BCUT2D eigenvalue weighted by atomic mass is 32.2. The van der Waals surface area contributed by atoms with Gasteiger partial charge in [0.15, 0.2) is 0 Å². The van der Waals surface area contributed by atoms with Crippen molar-refractivity contribution >= 4 is 33.7 Å². The van der Waals surface area contributed by atoms with Gasteiger partial charge in [0.25, 0.3) is 0 Å². The predicted molar refractivity (Wildman–Crippen MR) is 143 cm³/mol. The monoisotopic (exact) mass is 519 g/mol. The number of carboxylic acid groups (broad SMARTS) is 1. The third-order valence-corrected chi connectivity index (χ3v) is 7.75. The zero-order valence-electron chi connectivity index (χ0n) is 20.6. The molecule has 2 N–H and O–H groups in total. The van der Waals surface area contributed by atoms with E-state index in [0.717, 1.165) is 43.1 Å². The number of benzene rings is 2. The van der Waals surface area contributed by atoms with E-state index in [2.05, 4.69) is 24.3 Å². The van der Waals surface area contributed by atoms with E-state index in [1.807, 2.05) is 35.1 Å². The number of nitrogens with one attached hydrogen (secondary N) is 1. The summed E-state index contributed by atoms with van der Waals surface area (Å²) in [7, 11) is -3.67. The fraction of sp³-hybridized carbons (Fsp3) is 0.481. The quantitative estimate of drug-likeness (QED) is 0.283. The van der Waals surface area contributed by atoms with Crippen molar-refractivity contribution in [1.82, 2.24) is 4.72 Å². The maximum absolute atomic E-state index is 12.3. The highest BCUT2D eigenvalue weighted by Crippen LogP contribution is 2.37. The van der Waals surface area contributed by atoms with Crippen LogP contribution in [0.5, 0.6) is 0 Å². The van der Waals surface area contributed by atoms with Crippen LogP contribution in [0.25, 0.3) is 0 Å². The molecule has 8 heteroatoms. The van der Waals surface area contributed by atoms with E-state index in [4.69, 9.17) is 0 Å². The molecule has 0 aliphatic carbocycles. The standard InChI is InChI=1S/C27H37NO5S2/c1-21(27(30)31)34-25(20-26(29)28-35(2,32)33)24-19-13-12-18-23(24)17-11-6-4-3-5-8-14-22-15-9-7-10-16-22/h7,9-10,12-13,15-16,18-19,21,25H,3-6,8,11,14,17,20H2,1-2H3,(H,28,29)(H,30,31). The number of rotatable bonds is 16. The maximum atomic E-state index is 12.3. The number of carbonyl (C=O) groups is 2. The van der Waals surface area contributed by atoms with E-state index in [1.54, 1.807) is 6.92 Å². The molecule has 0 aromatic heterocycles. The number of carboxylic acids is 1. The van der Waals surface area contributed by atoms with Gasteiger partial charge in [-0.05, 0) is 49.3 Å². The molecular formula is C27H37NO5S2. The molecule has 0 radical (unpaired) electrons. The Kier molecular flexibility index (Phi) is 12.3. The van der Waals surface area contributed by atoms with E-state index in [1.165, 1.54) is 43.0 Å². The van der Waals surface area contributed by atoms with Gasteiger partial charge >= 0.3 is 5.97 Å². The molecule has 2 rings (SSSR count). The van der Waals surface area contributed by atoms with E-state index < -0.39 is 32.4 Å². The van der Waals surface area contributed by atoms with Gasteiger partial charge in [-0.2, -0.15) is 0 Å². The Morgan fingerprint density at radius 2 is 1.46 bits per heavy atom. The number of carbonyl (C=O) groups excluding carboxylic acids is 1. The molecule has 35 heavy (non-hydrogen) atoms. The number of hydrogen-bond acceptors (Lipinski definition) is 5. The van der Waals surface area contributed by atoms with Gasteiger partial charge in [-0.3, -0.25) is 14.3 Å². The fourth-order valence-corrected chi connectivity index (χ4v) is 5.76. The number of aliphatic carboxylic acids is 1. The summed E-state index contributed by atoms with van der Waals surface area (Å²) in [6, 6.07) is 18.3. The highest BCUT2D eigenvalue weighted by Gasteiger charge is 2.25. The summed E-state index contributed by atoms with van der Waals surface area (Å²) in [5, 5.41) is 8.20. The van der Waals surface area contributed by atoms with Crippen LogP contribution in [0, 0.1) is 0 Å². The number of sulfonamides is 1. The van der Waals surface area contributed by atoms with E-state index in [9.17, 15) is 23.1 Å². The Morgan fingerprint density at radius 3 is 2.09 bits per heavy atom. The Bertz CT molecular complexity index is 1040. The lowest BCUT2D eigenvalue weighted by molar-refractivity contribution is -0.136. The van der Waals surface area contributed by atoms with Crippen molar-refractivity contribution in [3.05, 3.63) is 71.3 Å². The second kappa shape index (κ2) is 14.9. The first-order chi connectivity index (χ1) is 16.7. The van der Waals surface area contributed by atoms with Crippen LogP contribution in [0.15, 0.2) is 54.6 Å². The van der Waals surface area contributed by atoms with Crippen molar-refractivity contribution in [1.29, 1.82) is 0 Å². The lowest BCUT2D eigenvalue weighted by Crippen LogP contribution is -2.30. The van der Waals surface area contributed by atoms with E-state index >= 15 is 0 Å². The molecule has 192 valence electrons. The van der Waals surface area contributed by atoms with Crippen molar-refractivity contribution < 1.29 is 23.1 Å². The number of thioether (sulfide) groups is 1. The van der Waals surface area contributed by atoms with E-state index in [-0.39, 0.29) is 6.42 Å². The van der Waals surface area contributed by atoms with Crippen LogP contribution in [0.3, 0.4) is 0 Å². The van der Waals surface area contributed by atoms with Gasteiger partial charge in [0.2, 0.25) is 15.9 Å². The Balaban J connectivity index is 1.89. The SMILES string of the molecule is CC(SC(CC(=O)NS(C)(=O)=O)c1ccccc1CCCCCCCCc1ccccc1)C(=O)O. The molecule has 0 heterocycles. The van der Waals surface area contributed by atoms with Gasteiger partial charge in [0.1, 0.15) is 5.25 Å². The molecule has 0 bridgehead atoms. The zero-order chi connectivity index (χ0) is 25.7. The van der Waals surface area contributed by atoms with Gasteiger partial charge in [0, 0.05) is 11.7 Å². The minimum Gasteiger partial charge on any atom is -0.480 e. The van der Waals surface area contributed by atoms with Gasteiger partial charge < -0.3 is 5.11 Å². The smallest absolute Gasteiger partial charge is 0.316 e. The second-order valence-electron chi connectivity index (χ2n) is 8.91. The van der Waals surface area contributed by atoms with Crippen molar-refractivity contribution in [3.8, 4) is 0 Å². The molecular weight excluding hydrogens is 482 g/mol. The lowest BCUT2D eigenvalue weighted by atomic mass is 9.97. The second-order valence-corrected chi connectivity index (χ2v) is 12.2. The van der Waals surface area contributed by atoms with Crippen LogP contribution >= 0.6 is 11.8 Å². The molecule has 2 aromatic carbocycles. The lowest BCUT2D eigenvalue weighted by Gasteiger charge is -2.22. The molecule has 0 fully saturated rings. The Morgan fingerprint density at radius 1 is 0.886 bits per heavy atom. The third-order valence-electron chi connectivity index (χ3n) is 5.79. The van der Waals surface area contributed by atoms with Gasteiger partial charge in [-0.25, -0.2) is 8.42 Å². The van der Waals surface area contributed by atoms with E-state index in [0.29, 0.717) is 0 Å². The number of amides is 1. The average Bonchev–Trinajstić information content (AvgIpc) is 2.80. The third kappa shape index (κ3) is 11.8. The maximum Gasteiger partial charge on any atom is 0.316 e. The van der Waals surface area contributed by atoms with Gasteiger partial charge in [0.05, 0.1) is 6.26 Å². The van der Waals surface area contributed by atoms with Crippen LogP contribution in [0.1, 0.15) is 73.8 Å². The zero-order valence-corrected chi connectivity index (χ0v) is 22.2. The van der Waals surface area contributed by atoms with Crippen molar-refractivity contribution in [3.63, 3.8) is 0 Å².